The zero-order valence-electron chi connectivity index (χ0n) is 15.5. The van der Waals surface area contributed by atoms with E-state index in [1.807, 2.05) is 0 Å². The lowest BCUT2D eigenvalue weighted by atomic mass is 10.2. The highest BCUT2D eigenvalue weighted by molar-refractivity contribution is 6.10. The quantitative estimate of drug-likeness (QED) is 0.338. The minimum atomic E-state index is -1.23. The van der Waals surface area contributed by atoms with E-state index in [1.165, 1.54) is 39.3 Å². The van der Waals surface area contributed by atoms with Gasteiger partial charge in [-0.05, 0) is 25.1 Å². The molecule has 3 N–H and O–H groups in total. The molecular formula is C18H20N4O6. The molecule has 2 rings (SSSR count). The molecule has 0 aliphatic heterocycles. The highest BCUT2D eigenvalue weighted by atomic mass is 16.6. The van der Waals surface area contributed by atoms with Crippen molar-refractivity contribution < 1.29 is 24.0 Å². The Labute approximate surface area is 161 Å². The van der Waals surface area contributed by atoms with E-state index in [9.17, 15) is 19.7 Å². The van der Waals surface area contributed by atoms with Crippen LogP contribution < -0.4 is 25.6 Å². The predicted molar refractivity (Wildman–Crippen MR) is 102 cm³/mol. The smallest absolute Gasteiger partial charge is 0.273 e. The van der Waals surface area contributed by atoms with Crippen LogP contribution >= 0.6 is 0 Å². The number of hydrogen-bond acceptors (Lipinski definition) is 8. The average molecular weight is 388 g/mol. The maximum absolute atomic E-state index is 12.5. The molecule has 10 nitrogen and oxygen atoms in total. The summed E-state index contributed by atoms with van der Waals surface area (Å²) in [4.78, 5) is 34.8. The molecule has 0 saturated heterocycles. The molecule has 10 heteroatoms. The Morgan fingerprint density at radius 2 is 1.71 bits per heavy atom. The number of nitrogens with zero attached hydrogens (tertiary/aromatic N) is 1. The highest BCUT2D eigenvalue weighted by Gasteiger charge is 2.24. The number of carbonyl (C=O) groups is 2. The number of methoxy groups -OCH3 is 2. The topological polar surface area (TPSA) is 132 Å². The van der Waals surface area contributed by atoms with Gasteiger partial charge in [-0.1, -0.05) is 12.1 Å². The summed E-state index contributed by atoms with van der Waals surface area (Å²) >= 11 is 0. The van der Waals surface area contributed by atoms with Gasteiger partial charge in [0.1, 0.15) is 11.5 Å². The molecule has 0 aliphatic carbocycles. The first-order valence-corrected chi connectivity index (χ1v) is 8.15. The number of carbonyl (C=O) groups excluding carboxylic acids is 2. The Balaban J connectivity index is 2.14. The Kier molecular flexibility index (Phi) is 6.88. The number of benzene rings is 2. The second-order valence-electron chi connectivity index (χ2n) is 5.64. The predicted octanol–water partition coefficient (Wildman–Crippen LogP) is 2.12. The molecule has 2 aromatic rings. The van der Waals surface area contributed by atoms with E-state index < -0.39 is 22.7 Å². The van der Waals surface area contributed by atoms with E-state index >= 15 is 0 Å². The molecule has 0 saturated carbocycles. The molecule has 0 spiro atoms. The van der Waals surface area contributed by atoms with Gasteiger partial charge in [-0.15, -0.1) is 0 Å². The Morgan fingerprint density at radius 3 is 2.32 bits per heavy atom. The van der Waals surface area contributed by atoms with Crippen LogP contribution in [0.15, 0.2) is 42.5 Å². The number of nitro benzene ring substituents is 1. The molecule has 1 unspecified atom stereocenters. The third kappa shape index (κ3) is 4.95. The summed E-state index contributed by atoms with van der Waals surface area (Å²) < 4.78 is 10.3. The van der Waals surface area contributed by atoms with Crippen molar-refractivity contribution in [3.8, 4) is 11.5 Å². The van der Waals surface area contributed by atoms with Crippen LogP contribution in [0.3, 0.4) is 0 Å². The molecule has 0 bridgehead atoms. The normalized spacial score (nSPS) is 11.2. The number of ketones is 1. The minimum Gasteiger partial charge on any atom is -0.495 e. The highest BCUT2D eigenvalue weighted by Crippen LogP contribution is 2.28. The van der Waals surface area contributed by atoms with E-state index in [2.05, 4.69) is 16.2 Å². The van der Waals surface area contributed by atoms with Gasteiger partial charge in [-0.2, -0.15) is 0 Å². The Hall–Kier alpha value is -3.66. The minimum absolute atomic E-state index is 0.153. The van der Waals surface area contributed by atoms with Crippen LogP contribution in [0.1, 0.15) is 6.92 Å². The van der Waals surface area contributed by atoms with Gasteiger partial charge in [0.25, 0.3) is 11.6 Å². The first-order chi connectivity index (χ1) is 13.4. The van der Waals surface area contributed by atoms with Crippen molar-refractivity contribution in [3.63, 3.8) is 0 Å². The monoisotopic (exact) mass is 388 g/mol. The Bertz CT molecular complexity index is 886. The zero-order valence-corrected chi connectivity index (χ0v) is 15.5. The maximum Gasteiger partial charge on any atom is 0.273 e. The second kappa shape index (κ2) is 9.33. The van der Waals surface area contributed by atoms with Crippen LogP contribution in [-0.2, 0) is 9.59 Å². The molecular weight excluding hydrogens is 368 g/mol. The van der Waals surface area contributed by atoms with Crippen molar-refractivity contribution >= 4 is 28.8 Å². The fraction of sp³-hybridized carbons (Fsp3) is 0.222. The van der Waals surface area contributed by atoms with Crippen molar-refractivity contribution in [2.24, 2.45) is 0 Å². The number of anilines is 2. The van der Waals surface area contributed by atoms with Crippen LogP contribution in [0.2, 0.25) is 0 Å². The standard InChI is InChI=1S/C18H20N4O6/c1-11(23)17(18(24)19-13-6-4-5-7-15(13)27-2)21-20-14-9-8-12(22(25)26)10-16(14)28-3/h4-10,17,20-21H,1-3H3,(H,19,24). The van der Waals surface area contributed by atoms with Gasteiger partial charge in [0.15, 0.2) is 11.8 Å². The lowest BCUT2D eigenvalue weighted by molar-refractivity contribution is -0.384. The molecule has 28 heavy (non-hydrogen) atoms. The summed E-state index contributed by atoms with van der Waals surface area (Å²) in [5.74, 6) is -0.427. The van der Waals surface area contributed by atoms with Crippen molar-refractivity contribution in [1.82, 2.24) is 5.43 Å². The van der Waals surface area contributed by atoms with E-state index in [0.29, 0.717) is 17.1 Å². The van der Waals surface area contributed by atoms with Crippen LogP contribution in [0.5, 0.6) is 11.5 Å². The molecule has 0 radical (unpaired) electrons. The summed E-state index contributed by atoms with van der Waals surface area (Å²) in [7, 11) is 2.81. The largest absolute Gasteiger partial charge is 0.495 e. The molecule has 2 aromatic carbocycles. The van der Waals surface area contributed by atoms with E-state index in [4.69, 9.17) is 9.47 Å². The SMILES string of the molecule is COc1cc([N+](=O)[O-])ccc1NNC(C(C)=O)C(=O)Nc1ccccc1OC. The van der Waals surface area contributed by atoms with Gasteiger partial charge < -0.3 is 20.2 Å². The van der Waals surface area contributed by atoms with Crippen LogP contribution in [0.25, 0.3) is 0 Å². The van der Waals surface area contributed by atoms with E-state index in [-0.39, 0.29) is 11.4 Å². The third-order valence-electron chi connectivity index (χ3n) is 3.78. The number of ether oxygens (including phenoxy) is 2. The van der Waals surface area contributed by atoms with Crippen LogP contribution in [0, 0.1) is 10.1 Å². The fourth-order valence-electron chi connectivity index (χ4n) is 2.35. The molecule has 1 atom stereocenters. The second-order valence-corrected chi connectivity index (χ2v) is 5.64. The van der Waals surface area contributed by atoms with Gasteiger partial charge in [0.05, 0.1) is 36.6 Å². The zero-order chi connectivity index (χ0) is 20.7. The van der Waals surface area contributed by atoms with Crippen molar-refractivity contribution in [1.29, 1.82) is 0 Å². The number of nitro groups is 1. The Morgan fingerprint density at radius 1 is 1.04 bits per heavy atom. The van der Waals surface area contributed by atoms with Gasteiger partial charge in [-0.3, -0.25) is 19.7 Å². The number of para-hydroxylation sites is 2. The summed E-state index contributed by atoms with van der Waals surface area (Å²) in [6, 6.07) is 9.44. The van der Waals surface area contributed by atoms with E-state index in [0.717, 1.165) is 0 Å². The molecule has 0 aromatic heterocycles. The average Bonchev–Trinajstić information content (AvgIpc) is 2.68. The molecule has 0 aliphatic rings. The van der Waals surface area contributed by atoms with E-state index in [1.54, 1.807) is 24.3 Å². The lowest BCUT2D eigenvalue weighted by Crippen LogP contribution is -2.48. The first-order valence-electron chi connectivity index (χ1n) is 8.15. The number of hydrazine groups is 1. The summed E-state index contributed by atoms with van der Waals surface area (Å²) in [6.07, 6.45) is 0. The molecule has 0 fully saturated rings. The fourth-order valence-corrected chi connectivity index (χ4v) is 2.35. The van der Waals surface area contributed by atoms with Gasteiger partial charge in [0, 0.05) is 6.07 Å². The van der Waals surface area contributed by atoms with Crippen molar-refractivity contribution in [3.05, 3.63) is 52.6 Å². The number of hydrogen-bond donors (Lipinski definition) is 3. The number of amides is 1. The number of rotatable bonds is 9. The number of nitrogens with one attached hydrogen (secondary N) is 3. The maximum atomic E-state index is 12.5. The molecule has 148 valence electrons. The first kappa shape index (κ1) is 20.6. The van der Waals surface area contributed by atoms with Crippen molar-refractivity contribution in [2.45, 2.75) is 13.0 Å². The molecule has 1 amide bonds. The summed E-state index contributed by atoms with van der Waals surface area (Å²) in [5.41, 5.74) is 5.89. The molecule has 0 heterocycles. The lowest BCUT2D eigenvalue weighted by Gasteiger charge is -2.19. The van der Waals surface area contributed by atoms with Gasteiger partial charge >= 0.3 is 0 Å². The summed E-state index contributed by atoms with van der Waals surface area (Å²) in [5, 5.41) is 13.5. The van der Waals surface area contributed by atoms with Gasteiger partial charge in [-0.25, -0.2) is 5.43 Å². The number of Topliss-reactive ketones (excluding diaryl/α,β-unsaturated/α-hetero) is 1. The van der Waals surface area contributed by atoms with Gasteiger partial charge in [0.2, 0.25) is 0 Å². The van der Waals surface area contributed by atoms with Crippen LogP contribution in [0.4, 0.5) is 17.1 Å². The third-order valence-corrected chi connectivity index (χ3v) is 3.78. The number of non-ortho nitro benzene ring substituents is 1. The van der Waals surface area contributed by atoms with Crippen molar-refractivity contribution in [2.75, 3.05) is 25.0 Å². The summed E-state index contributed by atoms with van der Waals surface area (Å²) in [6.45, 7) is 1.26. The van der Waals surface area contributed by atoms with Crippen LogP contribution in [-0.4, -0.2) is 36.9 Å².